The van der Waals surface area contributed by atoms with Crippen molar-refractivity contribution >= 4 is 17.6 Å². The monoisotopic (exact) mass is 205 g/mol. The van der Waals surface area contributed by atoms with Crippen molar-refractivity contribution < 1.29 is 4.79 Å². The summed E-state index contributed by atoms with van der Waals surface area (Å²) in [5.74, 6) is 0. The normalized spacial score (nSPS) is 10.4. The summed E-state index contributed by atoms with van der Waals surface area (Å²) < 4.78 is 1.91. The molecule has 2 aromatic heterocycles. The van der Waals surface area contributed by atoms with Crippen LogP contribution < -0.4 is 0 Å². The number of rotatable bonds is 2. The molecule has 0 saturated carbocycles. The van der Waals surface area contributed by atoms with E-state index in [-0.39, 0.29) is 0 Å². The molecular weight excluding hydrogens is 194 g/mol. The van der Waals surface area contributed by atoms with E-state index in [4.69, 9.17) is 0 Å². The van der Waals surface area contributed by atoms with Crippen LogP contribution >= 0.6 is 11.3 Å². The Hall–Kier alpha value is -1.35. The number of aromatic nitrogens is 1. The summed E-state index contributed by atoms with van der Waals surface area (Å²) in [5, 5.41) is 1.10. The van der Waals surface area contributed by atoms with Gasteiger partial charge in [0.2, 0.25) is 0 Å². The minimum Gasteiger partial charge on any atom is -0.306 e. The van der Waals surface area contributed by atoms with Gasteiger partial charge in [-0.05, 0) is 37.6 Å². The Labute approximate surface area is 86.8 Å². The van der Waals surface area contributed by atoms with Gasteiger partial charge in [0.25, 0.3) is 0 Å². The lowest BCUT2D eigenvalue weighted by Gasteiger charge is -1.99. The first kappa shape index (κ1) is 9.21. The quantitative estimate of drug-likeness (QED) is 0.691. The molecule has 72 valence electrons. The highest BCUT2D eigenvalue weighted by atomic mass is 32.1. The molecule has 0 atom stereocenters. The van der Waals surface area contributed by atoms with Gasteiger partial charge >= 0.3 is 0 Å². The van der Waals surface area contributed by atoms with Crippen LogP contribution in [0.25, 0.3) is 5.00 Å². The van der Waals surface area contributed by atoms with E-state index in [2.05, 4.69) is 19.9 Å². The predicted molar refractivity (Wildman–Crippen MR) is 58.5 cm³/mol. The van der Waals surface area contributed by atoms with Crippen LogP contribution in [0.2, 0.25) is 0 Å². The van der Waals surface area contributed by atoms with Crippen LogP contribution in [0.4, 0.5) is 0 Å². The second kappa shape index (κ2) is 3.42. The molecule has 2 heterocycles. The van der Waals surface area contributed by atoms with Crippen molar-refractivity contribution in [1.29, 1.82) is 0 Å². The largest absolute Gasteiger partial charge is 0.306 e. The average molecular weight is 205 g/mol. The molecule has 0 aliphatic rings. The topological polar surface area (TPSA) is 22.0 Å². The number of carbonyl (C=O) groups excluding carboxylic acids is 1. The molecule has 0 aromatic carbocycles. The molecule has 0 unspecified atom stereocenters. The molecule has 14 heavy (non-hydrogen) atoms. The molecule has 0 aliphatic heterocycles. The number of hydrogen-bond donors (Lipinski definition) is 0. The minimum absolute atomic E-state index is 0.700. The van der Waals surface area contributed by atoms with E-state index in [1.54, 1.807) is 11.3 Å². The Bertz CT molecular complexity index is 448. The molecule has 0 N–H and O–H groups in total. The lowest BCUT2D eigenvalue weighted by atomic mass is 10.3. The number of aryl methyl sites for hydroxylation is 2. The van der Waals surface area contributed by atoms with E-state index in [9.17, 15) is 4.79 Å². The van der Waals surface area contributed by atoms with Crippen LogP contribution in [0.5, 0.6) is 0 Å². The Morgan fingerprint density at radius 1 is 1.43 bits per heavy atom. The molecule has 2 aromatic rings. The molecule has 0 bridgehead atoms. The molecule has 0 radical (unpaired) electrons. The molecule has 0 saturated heterocycles. The van der Waals surface area contributed by atoms with Gasteiger partial charge in [0.05, 0.1) is 5.69 Å². The first-order valence-electron chi connectivity index (χ1n) is 4.42. The Balaban J connectivity index is 2.54. The predicted octanol–water partition coefficient (Wildman–Crippen LogP) is 2.97. The van der Waals surface area contributed by atoms with Crippen molar-refractivity contribution in [1.82, 2.24) is 4.57 Å². The van der Waals surface area contributed by atoms with Crippen LogP contribution in [-0.4, -0.2) is 10.9 Å². The maximum Gasteiger partial charge on any atom is 0.166 e. The summed E-state index contributed by atoms with van der Waals surface area (Å²) in [7, 11) is 0. The smallest absolute Gasteiger partial charge is 0.166 e. The maximum atomic E-state index is 10.7. The van der Waals surface area contributed by atoms with E-state index < -0.39 is 0 Å². The van der Waals surface area contributed by atoms with Gasteiger partial charge in [-0.3, -0.25) is 4.79 Å². The van der Waals surface area contributed by atoms with Crippen molar-refractivity contribution in [3.8, 4) is 5.00 Å². The Kier molecular flexibility index (Phi) is 2.25. The fourth-order valence-corrected chi connectivity index (χ4v) is 2.40. The van der Waals surface area contributed by atoms with Gasteiger partial charge in [-0.25, -0.2) is 0 Å². The highest BCUT2D eigenvalue weighted by Crippen LogP contribution is 2.25. The molecule has 2 nitrogen and oxygen atoms in total. The maximum absolute atomic E-state index is 10.7. The van der Waals surface area contributed by atoms with Gasteiger partial charge in [0.15, 0.2) is 6.29 Å². The zero-order valence-electron chi connectivity index (χ0n) is 8.15. The highest BCUT2D eigenvalue weighted by Gasteiger charge is 2.06. The summed E-state index contributed by atoms with van der Waals surface area (Å²) >= 11 is 1.71. The average Bonchev–Trinajstić information content (AvgIpc) is 2.73. The van der Waals surface area contributed by atoms with Gasteiger partial charge < -0.3 is 4.57 Å². The van der Waals surface area contributed by atoms with Gasteiger partial charge in [0, 0.05) is 11.1 Å². The molecule has 2 rings (SSSR count). The van der Waals surface area contributed by atoms with E-state index in [0.717, 1.165) is 11.3 Å². The molecule has 0 fully saturated rings. The third-order valence-electron chi connectivity index (χ3n) is 2.29. The SMILES string of the molecule is Cc1cc(-n2cccc2C=O)sc1C. The summed E-state index contributed by atoms with van der Waals surface area (Å²) in [5.41, 5.74) is 1.97. The summed E-state index contributed by atoms with van der Waals surface area (Å²) in [6, 6.07) is 5.80. The Morgan fingerprint density at radius 2 is 2.21 bits per heavy atom. The van der Waals surface area contributed by atoms with Crippen molar-refractivity contribution in [3.63, 3.8) is 0 Å². The summed E-state index contributed by atoms with van der Waals surface area (Å²) in [6.07, 6.45) is 2.79. The van der Waals surface area contributed by atoms with Crippen molar-refractivity contribution in [2.24, 2.45) is 0 Å². The summed E-state index contributed by atoms with van der Waals surface area (Å²) in [4.78, 5) is 12.0. The van der Waals surface area contributed by atoms with Crippen LogP contribution in [-0.2, 0) is 0 Å². The Morgan fingerprint density at radius 3 is 2.79 bits per heavy atom. The van der Waals surface area contributed by atoms with Crippen LogP contribution in [0.3, 0.4) is 0 Å². The zero-order valence-corrected chi connectivity index (χ0v) is 8.97. The van der Waals surface area contributed by atoms with E-state index in [0.29, 0.717) is 5.69 Å². The standard InChI is InChI=1S/C11H11NOS/c1-8-6-11(14-9(8)2)12-5-3-4-10(12)7-13/h3-7H,1-2H3. The number of aldehydes is 1. The fraction of sp³-hybridized carbons (Fsp3) is 0.182. The highest BCUT2D eigenvalue weighted by molar-refractivity contribution is 7.14. The fourth-order valence-electron chi connectivity index (χ4n) is 1.36. The lowest BCUT2D eigenvalue weighted by Crippen LogP contribution is -1.93. The zero-order chi connectivity index (χ0) is 10.1. The van der Waals surface area contributed by atoms with Crippen molar-refractivity contribution in [2.45, 2.75) is 13.8 Å². The van der Waals surface area contributed by atoms with Gasteiger partial charge in [0.1, 0.15) is 5.00 Å². The third kappa shape index (κ3) is 1.40. The van der Waals surface area contributed by atoms with Gasteiger partial charge in [-0.2, -0.15) is 0 Å². The minimum atomic E-state index is 0.700. The second-order valence-corrected chi connectivity index (χ2v) is 4.48. The second-order valence-electron chi connectivity index (χ2n) is 3.24. The number of carbonyl (C=O) groups is 1. The number of thiophene rings is 1. The van der Waals surface area contributed by atoms with Crippen molar-refractivity contribution in [3.05, 3.63) is 40.5 Å². The number of nitrogens with zero attached hydrogens (tertiary/aromatic N) is 1. The lowest BCUT2D eigenvalue weighted by molar-refractivity contribution is 0.111. The first-order valence-corrected chi connectivity index (χ1v) is 5.24. The number of hydrogen-bond acceptors (Lipinski definition) is 2. The molecular formula is C11H11NOS. The van der Waals surface area contributed by atoms with E-state index in [1.807, 2.05) is 22.9 Å². The molecule has 0 spiro atoms. The van der Waals surface area contributed by atoms with Crippen molar-refractivity contribution in [2.75, 3.05) is 0 Å². The molecule has 3 heteroatoms. The van der Waals surface area contributed by atoms with E-state index in [1.165, 1.54) is 10.4 Å². The molecule has 0 amide bonds. The third-order valence-corrected chi connectivity index (χ3v) is 3.44. The molecule has 0 aliphatic carbocycles. The van der Waals surface area contributed by atoms with Gasteiger partial charge in [-0.15, -0.1) is 11.3 Å². The summed E-state index contributed by atoms with van der Waals surface area (Å²) in [6.45, 7) is 4.17. The van der Waals surface area contributed by atoms with Crippen LogP contribution in [0, 0.1) is 13.8 Å². The van der Waals surface area contributed by atoms with E-state index >= 15 is 0 Å². The van der Waals surface area contributed by atoms with Crippen LogP contribution in [0.15, 0.2) is 24.4 Å². The van der Waals surface area contributed by atoms with Crippen LogP contribution in [0.1, 0.15) is 20.9 Å². The first-order chi connectivity index (χ1) is 6.72. The van der Waals surface area contributed by atoms with Gasteiger partial charge in [-0.1, -0.05) is 0 Å².